The van der Waals surface area contributed by atoms with E-state index in [2.05, 4.69) is 21.2 Å². The summed E-state index contributed by atoms with van der Waals surface area (Å²) >= 11 is 3.13. The van der Waals surface area contributed by atoms with E-state index in [1.165, 1.54) is 0 Å². The summed E-state index contributed by atoms with van der Waals surface area (Å²) in [4.78, 5) is 14.3. The monoisotopic (exact) mass is 342 g/mol. The van der Waals surface area contributed by atoms with E-state index in [1.807, 2.05) is 13.8 Å². The minimum absolute atomic E-state index is 0.0447. The molecule has 1 aliphatic heterocycles. The number of nitrogens with zero attached hydrogens (tertiary/aromatic N) is 1. The molecule has 0 aromatic heterocycles. The molecule has 0 radical (unpaired) electrons. The van der Waals surface area contributed by atoms with Gasteiger partial charge in [0, 0.05) is 18.6 Å². The Balaban J connectivity index is 2.19. The summed E-state index contributed by atoms with van der Waals surface area (Å²) in [5.74, 6) is -0.727. The molecule has 1 fully saturated rings. The first kappa shape index (κ1) is 15.4. The van der Waals surface area contributed by atoms with E-state index >= 15 is 0 Å². The maximum absolute atomic E-state index is 14.1. The van der Waals surface area contributed by atoms with E-state index < -0.39 is 5.82 Å². The summed E-state index contributed by atoms with van der Waals surface area (Å²) in [6, 6.07) is 5.19. The van der Waals surface area contributed by atoms with Crippen molar-refractivity contribution >= 4 is 21.8 Å². The molecule has 1 aromatic carbocycles. The van der Waals surface area contributed by atoms with Crippen LogP contribution in [0.25, 0.3) is 0 Å². The highest BCUT2D eigenvalue weighted by atomic mass is 79.9. The first-order chi connectivity index (χ1) is 9.50. The molecule has 1 heterocycles. The van der Waals surface area contributed by atoms with Gasteiger partial charge in [0.05, 0.1) is 10.0 Å². The van der Waals surface area contributed by atoms with Crippen LogP contribution in [0.15, 0.2) is 22.7 Å². The smallest absolute Gasteiger partial charge is 0.257 e. The molecule has 3 nitrogen and oxygen atoms in total. The maximum atomic E-state index is 14.1. The number of halogens is 2. The van der Waals surface area contributed by atoms with Gasteiger partial charge in [-0.25, -0.2) is 4.39 Å². The molecule has 1 amide bonds. The van der Waals surface area contributed by atoms with Crippen molar-refractivity contribution in [2.24, 2.45) is 0 Å². The van der Waals surface area contributed by atoms with Crippen LogP contribution in [0.3, 0.4) is 0 Å². The molecule has 1 N–H and O–H groups in total. The fourth-order valence-corrected chi connectivity index (χ4v) is 2.87. The predicted molar refractivity (Wildman–Crippen MR) is 81.3 cm³/mol. The zero-order valence-corrected chi connectivity index (χ0v) is 13.4. The molecule has 0 aliphatic carbocycles. The van der Waals surface area contributed by atoms with Gasteiger partial charge in [-0.2, -0.15) is 0 Å². The molecule has 1 atom stereocenters. The number of benzene rings is 1. The molecule has 2 rings (SSSR count). The lowest BCUT2D eigenvalue weighted by atomic mass is 10.1. The Morgan fingerprint density at radius 2 is 2.30 bits per heavy atom. The first-order valence-corrected chi connectivity index (χ1v) is 7.78. The third-order valence-electron chi connectivity index (χ3n) is 3.65. The molecule has 0 saturated carbocycles. The van der Waals surface area contributed by atoms with Crippen LogP contribution in [-0.4, -0.2) is 36.0 Å². The van der Waals surface area contributed by atoms with Gasteiger partial charge in [0.25, 0.3) is 5.91 Å². The van der Waals surface area contributed by atoms with Gasteiger partial charge in [-0.1, -0.05) is 6.07 Å². The van der Waals surface area contributed by atoms with E-state index in [9.17, 15) is 9.18 Å². The van der Waals surface area contributed by atoms with Crippen LogP contribution < -0.4 is 5.32 Å². The van der Waals surface area contributed by atoms with Crippen LogP contribution in [0, 0.1) is 5.82 Å². The number of hydrogen-bond donors (Lipinski definition) is 1. The summed E-state index contributed by atoms with van der Waals surface area (Å²) in [7, 11) is 0. The van der Waals surface area contributed by atoms with Crippen molar-refractivity contribution in [2.75, 3.05) is 13.1 Å². The third kappa shape index (κ3) is 3.38. The lowest BCUT2D eigenvalue weighted by Gasteiger charge is -2.29. The van der Waals surface area contributed by atoms with Gasteiger partial charge in [-0.3, -0.25) is 4.79 Å². The Hall–Kier alpha value is -0.940. The normalized spacial score (nSPS) is 18.6. The van der Waals surface area contributed by atoms with Crippen LogP contribution >= 0.6 is 15.9 Å². The predicted octanol–water partition coefficient (Wildman–Crippen LogP) is 3.19. The van der Waals surface area contributed by atoms with Gasteiger partial charge in [0.1, 0.15) is 5.82 Å². The molecule has 5 heteroatoms. The highest BCUT2D eigenvalue weighted by Gasteiger charge is 2.26. The van der Waals surface area contributed by atoms with Crippen molar-refractivity contribution in [2.45, 2.75) is 38.8 Å². The number of carbonyl (C=O) groups excluding carboxylic acids is 1. The molecule has 0 spiro atoms. The van der Waals surface area contributed by atoms with Gasteiger partial charge in [-0.05, 0) is 61.3 Å². The van der Waals surface area contributed by atoms with E-state index in [0.717, 1.165) is 19.4 Å². The SMILES string of the molecule is CC(C)N(CC1CCCN1)C(=O)c1cccc(Br)c1F. The minimum Gasteiger partial charge on any atom is -0.335 e. The standard InChI is InChI=1S/C15H20BrFN2O/c1-10(2)19(9-11-5-4-8-18-11)15(20)12-6-3-7-13(16)14(12)17/h3,6-7,10-11,18H,4-5,8-9H2,1-2H3. The number of hydrogen-bond acceptors (Lipinski definition) is 2. The second-order valence-corrected chi connectivity index (χ2v) is 6.30. The van der Waals surface area contributed by atoms with E-state index in [0.29, 0.717) is 17.1 Å². The molecular formula is C15H20BrFN2O. The van der Waals surface area contributed by atoms with Crippen molar-refractivity contribution in [1.29, 1.82) is 0 Å². The fourth-order valence-electron chi connectivity index (χ4n) is 2.50. The van der Waals surface area contributed by atoms with Gasteiger partial charge in [0.15, 0.2) is 0 Å². The largest absolute Gasteiger partial charge is 0.335 e. The van der Waals surface area contributed by atoms with Crippen molar-refractivity contribution < 1.29 is 9.18 Å². The van der Waals surface area contributed by atoms with Crippen LogP contribution in [0.5, 0.6) is 0 Å². The third-order valence-corrected chi connectivity index (χ3v) is 4.26. The summed E-state index contributed by atoms with van der Waals surface area (Å²) in [5.41, 5.74) is 0.131. The second-order valence-electron chi connectivity index (χ2n) is 5.45. The Morgan fingerprint density at radius 3 is 2.90 bits per heavy atom. The lowest BCUT2D eigenvalue weighted by molar-refractivity contribution is 0.0684. The lowest BCUT2D eigenvalue weighted by Crippen LogP contribution is -2.45. The van der Waals surface area contributed by atoms with Crippen molar-refractivity contribution in [3.05, 3.63) is 34.1 Å². The Morgan fingerprint density at radius 1 is 1.55 bits per heavy atom. The van der Waals surface area contributed by atoms with Gasteiger partial charge in [0.2, 0.25) is 0 Å². The zero-order chi connectivity index (χ0) is 14.7. The Kier molecular flexibility index (Phi) is 5.16. The quantitative estimate of drug-likeness (QED) is 0.911. The number of rotatable bonds is 4. The van der Waals surface area contributed by atoms with Crippen LogP contribution in [0.2, 0.25) is 0 Å². The highest BCUT2D eigenvalue weighted by Crippen LogP contribution is 2.21. The Bertz CT molecular complexity index is 487. The fraction of sp³-hybridized carbons (Fsp3) is 0.533. The summed E-state index contributed by atoms with van der Waals surface area (Å²) in [6.45, 7) is 5.55. The molecular weight excluding hydrogens is 323 g/mol. The van der Waals surface area contributed by atoms with Crippen molar-refractivity contribution in [3.8, 4) is 0 Å². The topological polar surface area (TPSA) is 32.3 Å². The first-order valence-electron chi connectivity index (χ1n) is 6.99. The number of amides is 1. The molecule has 1 saturated heterocycles. The van der Waals surface area contributed by atoms with Gasteiger partial charge in [-0.15, -0.1) is 0 Å². The molecule has 1 aliphatic rings. The highest BCUT2D eigenvalue weighted by molar-refractivity contribution is 9.10. The number of carbonyl (C=O) groups is 1. The van der Waals surface area contributed by atoms with Gasteiger partial charge >= 0.3 is 0 Å². The molecule has 0 bridgehead atoms. The summed E-state index contributed by atoms with van der Waals surface area (Å²) in [5, 5.41) is 3.38. The van der Waals surface area contributed by atoms with E-state index in [4.69, 9.17) is 0 Å². The summed E-state index contributed by atoms with van der Waals surface area (Å²) in [6.07, 6.45) is 2.20. The van der Waals surface area contributed by atoms with Gasteiger partial charge < -0.3 is 10.2 Å². The van der Waals surface area contributed by atoms with Crippen LogP contribution in [0.1, 0.15) is 37.0 Å². The molecule has 1 unspecified atom stereocenters. The van der Waals surface area contributed by atoms with Crippen molar-refractivity contribution in [3.63, 3.8) is 0 Å². The summed E-state index contributed by atoms with van der Waals surface area (Å²) < 4.78 is 14.4. The average molecular weight is 343 g/mol. The zero-order valence-electron chi connectivity index (χ0n) is 11.8. The molecule has 20 heavy (non-hydrogen) atoms. The van der Waals surface area contributed by atoms with Crippen LogP contribution in [0.4, 0.5) is 4.39 Å². The van der Waals surface area contributed by atoms with Crippen molar-refractivity contribution in [1.82, 2.24) is 10.2 Å². The maximum Gasteiger partial charge on any atom is 0.257 e. The van der Waals surface area contributed by atoms with E-state index in [-0.39, 0.29) is 17.5 Å². The number of nitrogens with one attached hydrogen (secondary N) is 1. The molecule has 1 aromatic rings. The minimum atomic E-state index is -0.484. The average Bonchev–Trinajstić information content (AvgIpc) is 2.91. The molecule has 110 valence electrons. The van der Waals surface area contributed by atoms with Crippen LogP contribution in [-0.2, 0) is 0 Å². The Labute approximate surface area is 127 Å². The second kappa shape index (κ2) is 6.68. The van der Waals surface area contributed by atoms with E-state index in [1.54, 1.807) is 23.1 Å².